The highest BCUT2D eigenvalue weighted by molar-refractivity contribution is 6.08. The second kappa shape index (κ2) is 7.36. The molecule has 2 bridgehead atoms. The van der Waals surface area contributed by atoms with Crippen LogP contribution >= 0.6 is 0 Å². The molecule has 0 radical (unpaired) electrons. The van der Waals surface area contributed by atoms with Gasteiger partial charge in [0.05, 0.1) is 23.9 Å². The van der Waals surface area contributed by atoms with Crippen molar-refractivity contribution >= 4 is 11.8 Å². The molecule has 0 N–H and O–H groups in total. The zero-order valence-electron chi connectivity index (χ0n) is 19.9. The van der Waals surface area contributed by atoms with E-state index in [0.29, 0.717) is 6.61 Å². The number of carbonyl (C=O) groups excluding carboxylic acids is 2. The molecule has 3 aromatic rings. The molecule has 2 aliphatic heterocycles. The largest absolute Gasteiger partial charge is 0.360 e. The summed E-state index contributed by atoms with van der Waals surface area (Å²) in [5.74, 6) is -1.14. The van der Waals surface area contributed by atoms with Gasteiger partial charge in [-0.2, -0.15) is 0 Å². The lowest BCUT2D eigenvalue weighted by atomic mass is 9.46. The summed E-state index contributed by atoms with van der Waals surface area (Å²) in [7, 11) is 3.76. The molecule has 0 saturated carbocycles. The number of amides is 2. The van der Waals surface area contributed by atoms with Crippen molar-refractivity contribution in [1.82, 2.24) is 9.80 Å². The van der Waals surface area contributed by atoms with Crippen LogP contribution in [0.2, 0.25) is 0 Å². The Kier molecular flexibility index (Phi) is 4.42. The van der Waals surface area contributed by atoms with Crippen LogP contribution < -0.4 is 0 Å². The van der Waals surface area contributed by atoms with E-state index in [1.807, 2.05) is 18.2 Å². The summed E-state index contributed by atoms with van der Waals surface area (Å²) in [6, 6.07) is 27.5. The Morgan fingerprint density at radius 1 is 0.829 bits per heavy atom. The van der Waals surface area contributed by atoms with Crippen LogP contribution in [-0.4, -0.2) is 54.6 Å². The number of benzene rings is 3. The lowest BCUT2D eigenvalue weighted by Gasteiger charge is -2.57. The van der Waals surface area contributed by atoms with Crippen LogP contribution in [0.15, 0.2) is 78.9 Å². The summed E-state index contributed by atoms with van der Waals surface area (Å²) >= 11 is 0. The molecule has 3 aromatic carbocycles. The molecule has 5 aliphatic rings. The number of nitrogens with zero attached hydrogens (tertiary/aromatic N) is 2. The summed E-state index contributed by atoms with van der Waals surface area (Å²) in [6.45, 7) is 0.584. The molecule has 2 heterocycles. The molecule has 0 aromatic heterocycles. The monoisotopic (exact) mass is 464 g/mol. The maximum atomic E-state index is 13.8. The van der Waals surface area contributed by atoms with E-state index in [1.54, 1.807) is 7.05 Å². The highest BCUT2D eigenvalue weighted by Gasteiger charge is 2.71. The van der Waals surface area contributed by atoms with Crippen molar-refractivity contribution in [2.75, 3.05) is 20.7 Å². The molecule has 176 valence electrons. The highest BCUT2D eigenvalue weighted by Crippen LogP contribution is 2.66. The van der Waals surface area contributed by atoms with E-state index in [4.69, 9.17) is 4.74 Å². The first-order valence-electron chi connectivity index (χ1n) is 12.4. The van der Waals surface area contributed by atoms with Gasteiger partial charge in [0.15, 0.2) is 0 Å². The topological polar surface area (TPSA) is 49.9 Å². The van der Waals surface area contributed by atoms with Crippen molar-refractivity contribution in [3.05, 3.63) is 107 Å². The smallest absolute Gasteiger partial charge is 0.234 e. The number of hydrogen-bond donors (Lipinski definition) is 0. The SMILES string of the molecule is CN1C(=O)[C@@H]2[C@@H](C1=O)C1c3ccccc3C2([C@@H]2OC[C@H](Cc3ccccc3)N2C)c2ccccc21. The average Bonchev–Trinajstić information content (AvgIpc) is 3.37. The fraction of sp³-hybridized carbons (Fsp3) is 0.333. The zero-order valence-corrected chi connectivity index (χ0v) is 19.9. The van der Waals surface area contributed by atoms with Crippen molar-refractivity contribution in [1.29, 1.82) is 0 Å². The third kappa shape index (κ3) is 2.55. The number of likely N-dealkylation sites (tertiary alicyclic amines) is 1. The molecule has 5 nitrogen and oxygen atoms in total. The third-order valence-electron chi connectivity index (χ3n) is 9.00. The molecule has 4 atom stereocenters. The normalized spacial score (nSPS) is 33.1. The zero-order chi connectivity index (χ0) is 23.9. The van der Waals surface area contributed by atoms with Gasteiger partial charge in [-0.15, -0.1) is 0 Å². The Labute approximate surface area is 205 Å². The Balaban J connectivity index is 1.45. The van der Waals surface area contributed by atoms with Gasteiger partial charge >= 0.3 is 0 Å². The summed E-state index contributed by atoms with van der Waals surface area (Å²) in [4.78, 5) is 31.1. The molecular formula is C30H28N2O3. The van der Waals surface area contributed by atoms with Gasteiger partial charge in [0.1, 0.15) is 6.23 Å². The molecule has 3 aliphatic carbocycles. The van der Waals surface area contributed by atoms with Crippen LogP contribution in [0.5, 0.6) is 0 Å². The summed E-state index contributed by atoms with van der Waals surface area (Å²) in [5.41, 5.74) is 5.12. The molecular weight excluding hydrogens is 436 g/mol. The minimum atomic E-state index is -0.746. The van der Waals surface area contributed by atoms with Crippen molar-refractivity contribution < 1.29 is 14.3 Å². The summed E-state index contributed by atoms with van der Waals surface area (Å²) in [5, 5.41) is 0. The number of ether oxygens (including phenoxy) is 1. The van der Waals surface area contributed by atoms with Crippen LogP contribution in [0, 0.1) is 11.8 Å². The quantitative estimate of drug-likeness (QED) is 0.557. The summed E-state index contributed by atoms with van der Waals surface area (Å²) < 4.78 is 6.69. The lowest BCUT2D eigenvalue weighted by Crippen LogP contribution is -2.62. The lowest BCUT2D eigenvalue weighted by molar-refractivity contribution is -0.139. The van der Waals surface area contributed by atoms with Gasteiger partial charge < -0.3 is 4.74 Å². The van der Waals surface area contributed by atoms with E-state index in [0.717, 1.165) is 28.7 Å². The van der Waals surface area contributed by atoms with Gasteiger partial charge in [-0.1, -0.05) is 78.9 Å². The average molecular weight is 465 g/mol. The van der Waals surface area contributed by atoms with E-state index in [9.17, 15) is 9.59 Å². The minimum Gasteiger partial charge on any atom is -0.360 e. The van der Waals surface area contributed by atoms with Crippen LogP contribution in [0.1, 0.15) is 33.7 Å². The van der Waals surface area contributed by atoms with Crippen molar-refractivity contribution in [2.45, 2.75) is 30.0 Å². The van der Waals surface area contributed by atoms with Crippen LogP contribution in [-0.2, 0) is 26.2 Å². The number of rotatable bonds is 3. The van der Waals surface area contributed by atoms with Crippen LogP contribution in [0.25, 0.3) is 0 Å². The Bertz CT molecular complexity index is 1300. The van der Waals surface area contributed by atoms with Crippen molar-refractivity contribution in [3.63, 3.8) is 0 Å². The van der Waals surface area contributed by atoms with Gasteiger partial charge in [0.25, 0.3) is 0 Å². The molecule has 8 rings (SSSR count). The number of imide groups is 1. The fourth-order valence-corrected chi connectivity index (χ4v) is 7.56. The second-order valence-electron chi connectivity index (χ2n) is 10.5. The van der Waals surface area contributed by atoms with Gasteiger partial charge in [-0.3, -0.25) is 19.4 Å². The van der Waals surface area contributed by atoms with E-state index >= 15 is 0 Å². The van der Waals surface area contributed by atoms with E-state index in [2.05, 4.69) is 72.6 Å². The molecule has 35 heavy (non-hydrogen) atoms. The standard InChI is InChI=1S/C30H28N2O3/c1-31-19(16-18-10-4-3-5-11-18)17-35-29(31)30-22-14-8-6-12-20(22)24(21-13-7-9-15-23(21)30)25-26(30)28(34)32(2)27(25)33/h3-15,19,24-26,29H,16-17H2,1-2H3/t19-,24?,25-,26-,29-,30?/m0/s1. The predicted molar refractivity (Wildman–Crippen MR) is 132 cm³/mol. The number of hydrogen-bond acceptors (Lipinski definition) is 4. The fourth-order valence-electron chi connectivity index (χ4n) is 7.56. The molecule has 2 saturated heterocycles. The first-order chi connectivity index (χ1) is 17.0. The predicted octanol–water partition coefficient (Wildman–Crippen LogP) is 3.56. The maximum absolute atomic E-state index is 13.8. The highest BCUT2D eigenvalue weighted by atomic mass is 16.5. The Morgan fingerprint density at radius 2 is 1.43 bits per heavy atom. The Hall–Kier alpha value is -3.28. The van der Waals surface area contributed by atoms with E-state index < -0.39 is 17.3 Å². The van der Waals surface area contributed by atoms with Gasteiger partial charge in [0, 0.05) is 19.0 Å². The van der Waals surface area contributed by atoms with Crippen molar-refractivity contribution in [3.8, 4) is 0 Å². The third-order valence-corrected chi connectivity index (χ3v) is 9.00. The molecule has 2 fully saturated rings. The van der Waals surface area contributed by atoms with E-state index in [1.165, 1.54) is 10.5 Å². The molecule has 0 spiro atoms. The first kappa shape index (κ1) is 21.0. The van der Waals surface area contributed by atoms with Crippen molar-refractivity contribution in [2.24, 2.45) is 11.8 Å². The summed E-state index contributed by atoms with van der Waals surface area (Å²) in [6.07, 6.45) is 0.520. The van der Waals surface area contributed by atoms with E-state index in [-0.39, 0.29) is 30.0 Å². The molecule has 2 amide bonds. The van der Waals surface area contributed by atoms with Crippen LogP contribution in [0.4, 0.5) is 0 Å². The maximum Gasteiger partial charge on any atom is 0.234 e. The van der Waals surface area contributed by atoms with Gasteiger partial charge in [0.2, 0.25) is 11.8 Å². The first-order valence-corrected chi connectivity index (χ1v) is 12.4. The van der Waals surface area contributed by atoms with Crippen LogP contribution in [0.3, 0.4) is 0 Å². The number of likely N-dealkylation sites (N-methyl/N-ethyl adjacent to an activating group) is 1. The molecule has 0 unspecified atom stereocenters. The number of carbonyl (C=O) groups is 2. The second-order valence-corrected chi connectivity index (χ2v) is 10.5. The minimum absolute atomic E-state index is 0.0696. The van der Waals surface area contributed by atoms with Gasteiger partial charge in [-0.05, 0) is 41.3 Å². The Morgan fingerprint density at radius 3 is 2.09 bits per heavy atom. The molecule has 5 heteroatoms. The van der Waals surface area contributed by atoms with Gasteiger partial charge in [-0.25, -0.2) is 0 Å².